The molecule has 1 aliphatic rings. The van der Waals surface area contributed by atoms with Crippen molar-refractivity contribution in [1.82, 2.24) is 0 Å². The number of amides is 1. The molecule has 3 N–H and O–H groups in total. The summed E-state index contributed by atoms with van der Waals surface area (Å²) in [5.74, 6) is -1.91. The van der Waals surface area contributed by atoms with Gasteiger partial charge in [-0.2, -0.15) is 13.2 Å². The van der Waals surface area contributed by atoms with Crippen molar-refractivity contribution in [2.24, 2.45) is 5.73 Å². The number of nitrogens with two attached hydrogens (primary N) is 1. The highest BCUT2D eigenvalue weighted by Gasteiger charge is 2.38. The van der Waals surface area contributed by atoms with Gasteiger partial charge in [-0.25, -0.2) is 4.39 Å². The van der Waals surface area contributed by atoms with Crippen LogP contribution in [0, 0.1) is 5.82 Å². The van der Waals surface area contributed by atoms with Gasteiger partial charge in [0, 0.05) is 5.69 Å². The smallest absolute Gasteiger partial charge is 0.324 e. The van der Waals surface area contributed by atoms with E-state index in [1.54, 1.807) is 0 Å². The lowest BCUT2D eigenvalue weighted by atomic mass is 9.98. The lowest BCUT2D eigenvalue weighted by Crippen LogP contribution is -2.48. The molecule has 1 aromatic rings. The highest BCUT2D eigenvalue weighted by Crippen LogP contribution is 2.34. The molecular weight excluding hydrogens is 312 g/mol. The van der Waals surface area contributed by atoms with E-state index in [0.717, 1.165) is 18.9 Å². The Morgan fingerprint density at radius 2 is 1.81 bits per heavy atom. The summed E-state index contributed by atoms with van der Waals surface area (Å²) in [5, 5.41) is 2.33. The van der Waals surface area contributed by atoms with E-state index in [1.165, 1.54) is 0 Å². The molecular formula is C13H15ClF4N2O. The Labute approximate surface area is 125 Å². The molecule has 21 heavy (non-hydrogen) atoms. The predicted octanol–water partition coefficient (Wildman–Crippen LogP) is 3.48. The topological polar surface area (TPSA) is 55.1 Å². The highest BCUT2D eigenvalue weighted by molar-refractivity contribution is 5.98. The minimum absolute atomic E-state index is 0. The van der Waals surface area contributed by atoms with Gasteiger partial charge in [-0.1, -0.05) is 12.8 Å². The molecule has 1 aliphatic carbocycles. The van der Waals surface area contributed by atoms with Crippen molar-refractivity contribution in [2.75, 3.05) is 5.32 Å². The van der Waals surface area contributed by atoms with E-state index in [2.05, 4.69) is 5.32 Å². The Bertz CT molecular complexity index is 527. The Hall–Kier alpha value is -1.34. The molecule has 1 fully saturated rings. The van der Waals surface area contributed by atoms with Gasteiger partial charge in [0.2, 0.25) is 5.91 Å². The average molecular weight is 327 g/mol. The van der Waals surface area contributed by atoms with E-state index < -0.39 is 29.0 Å². The molecule has 0 spiro atoms. The summed E-state index contributed by atoms with van der Waals surface area (Å²) in [5.41, 5.74) is 3.33. The number of halogens is 5. The number of carbonyl (C=O) groups excluding carboxylic acids is 1. The van der Waals surface area contributed by atoms with Gasteiger partial charge in [0.1, 0.15) is 5.82 Å². The summed E-state index contributed by atoms with van der Waals surface area (Å²) in [4.78, 5) is 12.0. The zero-order chi connectivity index (χ0) is 15.0. The first kappa shape index (κ1) is 17.7. The van der Waals surface area contributed by atoms with Crippen molar-refractivity contribution < 1.29 is 22.4 Å². The molecule has 0 radical (unpaired) electrons. The van der Waals surface area contributed by atoms with Crippen LogP contribution in [0.15, 0.2) is 18.2 Å². The Morgan fingerprint density at radius 3 is 2.33 bits per heavy atom. The summed E-state index contributed by atoms with van der Waals surface area (Å²) in [6.45, 7) is 0. The first-order chi connectivity index (χ1) is 9.22. The summed E-state index contributed by atoms with van der Waals surface area (Å²) < 4.78 is 50.8. The van der Waals surface area contributed by atoms with Crippen molar-refractivity contribution in [3.8, 4) is 0 Å². The number of hydrogen-bond donors (Lipinski definition) is 2. The van der Waals surface area contributed by atoms with Crippen molar-refractivity contribution in [2.45, 2.75) is 37.4 Å². The van der Waals surface area contributed by atoms with E-state index in [1.807, 2.05) is 0 Å². The zero-order valence-corrected chi connectivity index (χ0v) is 11.8. The van der Waals surface area contributed by atoms with Crippen molar-refractivity contribution >= 4 is 24.0 Å². The van der Waals surface area contributed by atoms with Crippen LogP contribution >= 0.6 is 12.4 Å². The molecule has 1 saturated carbocycles. The van der Waals surface area contributed by atoms with Gasteiger partial charge in [0.05, 0.1) is 11.1 Å². The van der Waals surface area contributed by atoms with Crippen LogP contribution in [0.1, 0.15) is 31.2 Å². The quantitative estimate of drug-likeness (QED) is 0.818. The third-order valence-corrected chi connectivity index (χ3v) is 3.48. The van der Waals surface area contributed by atoms with E-state index in [-0.39, 0.29) is 18.1 Å². The molecule has 0 heterocycles. The second-order valence-electron chi connectivity index (χ2n) is 5.01. The van der Waals surface area contributed by atoms with Crippen molar-refractivity contribution in [3.05, 3.63) is 29.6 Å². The summed E-state index contributed by atoms with van der Waals surface area (Å²) in [7, 11) is 0. The molecule has 1 aromatic carbocycles. The number of carbonyl (C=O) groups is 1. The fourth-order valence-electron chi connectivity index (χ4n) is 2.31. The molecule has 3 nitrogen and oxygen atoms in total. The third-order valence-electron chi connectivity index (χ3n) is 3.48. The largest absolute Gasteiger partial charge is 0.419 e. The fourth-order valence-corrected chi connectivity index (χ4v) is 2.31. The maximum atomic E-state index is 13.1. The highest BCUT2D eigenvalue weighted by atomic mass is 35.5. The SMILES string of the molecule is Cl.NC1(C(=O)Nc2ccc(F)c(C(F)(F)F)c2)CCCC1. The second-order valence-corrected chi connectivity index (χ2v) is 5.01. The van der Waals surface area contributed by atoms with E-state index in [4.69, 9.17) is 5.73 Å². The van der Waals surface area contributed by atoms with Gasteiger partial charge in [-0.15, -0.1) is 12.4 Å². The molecule has 1 amide bonds. The van der Waals surface area contributed by atoms with Crippen LogP contribution in [-0.2, 0) is 11.0 Å². The number of alkyl halides is 3. The minimum atomic E-state index is -4.81. The molecule has 0 unspecified atom stereocenters. The van der Waals surface area contributed by atoms with Crippen molar-refractivity contribution in [1.29, 1.82) is 0 Å². The number of nitrogens with one attached hydrogen (secondary N) is 1. The molecule has 0 atom stereocenters. The van der Waals surface area contributed by atoms with Gasteiger partial charge < -0.3 is 11.1 Å². The predicted molar refractivity (Wildman–Crippen MR) is 72.7 cm³/mol. The van der Waals surface area contributed by atoms with E-state index in [9.17, 15) is 22.4 Å². The lowest BCUT2D eigenvalue weighted by Gasteiger charge is -2.22. The zero-order valence-electron chi connectivity index (χ0n) is 11.0. The first-order valence-corrected chi connectivity index (χ1v) is 6.19. The average Bonchev–Trinajstić information content (AvgIpc) is 2.78. The number of anilines is 1. The number of benzene rings is 1. The summed E-state index contributed by atoms with van der Waals surface area (Å²) in [6, 6.07) is 2.34. The molecule has 2 rings (SSSR count). The maximum Gasteiger partial charge on any atom is 0.419 e. The van der Waals surface area contributed by atoms with Gasteiger partial charge in [0.25, 0.3) is 0 Å². The fraction of sp³-hybridized carbons (Fsp3) is 0.462. The van der Waals surface area contributed by atoms with E-state index in [0.29, 0.717) is 25.0 Å². The normalized spacial score (nSPS) is 17.2. The first-order valence-electron chi connectivity index (χ1n) is 6.19. The minimum Gasteiger partial charge on any atom is -0.324 e. The molecule has 0 saturated heterocycles. The van der Waals surface area contributed by atoms with Crippen LogP contribution in [0.3, 0.4) is 0 Å². The number of hydrogen-bond acceptors (Lipinski definition) is 2. The van der Waals surface area contributed by atoms with Crippen LogP contribution in [0.2, 0.25) is 0 Å². The molecule has 0 aliphatic heterocycles. The van der Waals surface area contributed by atoms with Gasteiger partial charge >= 0.3 is 6.18 Å². The maximum absolute atomic E-state index is 13.1. The number of rotatable bonds is 2. The van der Waals surface area contributed by atoms with Gasteiger partial charge in [-0.05, 0) is 31.0 Å². The van der Waals surface area contributed by atoms with Gasteiger partial charge in [0.15, 0.2) is 0 Å². The van der Waals surface area contributed by atoms with Crippen molar-refractivity contribution in [3.63, 3.8) is 0 Å². The molecule has 0 aromatic heterocycles. The van der Waals surface area contributed by atoms with Crippen LogP contribution in [0.5, 0.6) is 0 Å². The summed E-state index contributed by atoms with van der Waals surface area (Å²) in [6.07, 6.45) is -2.21. The van der Waals surface area contributed by atoms with Crippen LogP contribution < -0.4 is 11.1 Å². The summed E-state index contributed by atoms with van der Waals surface area (Å²) >= 11 is 0. The molecule has 0 bridgehead atoms. The molecule has 8 heteroatoms. The van der Waals surface area contributed by atoms with E-state index >= 15 is 0 Å². The van der Waals surface area contributed by atoms with Crippen LogP contribution in [-0.4, -0.2) is 11.4 Å². The van der Waals surface area contributed by atoms with Gasteiger partial charge in [-0.3, -0.25) is 4.79 Å². The Balaban J connectivity index is 0.00000220. The van der Waals surface area contributed by atoms with Crippen LogP contribution in [0.4, 0.5) is 23.2 Å². The standard InChI is InChI=1S/C13H14F4N2O.ClH/c14-10-4-3-8(7-9(10)13(15,16)17)19-11(20)12(18)5-1-2-6-12;/h3-4,7H,1-2,5-6,18H2,(H,19,20);1H. The Kier molecular flexibility index (Phi) is 5.22. The monoisotopic (exact) mass is 326 g/mol. The third kappa shape index (κ3) is 3.85. The van der Waals surface area contributed by atoms with Crippen LogP contribution in [0.25, 0.3) is 0 Å². The second kappa shape index (κ2) is 6.19. The Morgan fingerprint density at radius 1 is 1.24 bits per heavy atom. The molecule has 118 valence electrons. The lowest BCUT2D eigenvalue weighted by molar-refractivity contribution is -0.140.